The fourth-order valence-corrected chi connectivity index (χ4v) is 0.998. The first-order valence-electron chi connectivity index (χ1n) is 3.20. The summed E-state index contributed by atoms with van der Waals surface area (Å²) in [5, 5.41) is 0. The van der Waals surface area contributed by atoms with Crippen molar-refractivity contribution in [1.29, 1.82) is 0 Å². The molecule has 1 unspecified atom stereocenters. The molecule has 1 atom stereocenters. The number of hydrogen-bond acceptors (Lipinski definition) is 2. The lowest BCUT2D eigenvalue weighted by molar-refractivity contribution is 0.00660. The van der Waals surface area contributed by atoms with Gasteiger partial charge in [-0.2, -0.15) is 0 Å². The lowest BCUT2D eigenvalue weighted by Crippen LogP contribution is -2.37. The van der Waals surface area contributed by atoms with Gasteiger partial charge in [0.15, 0.2) is 0 Å². The number of hydrogen-bond donors (Lipinski definition) is 1. The average Bonchev–Trinajstić information content (AvgIpc) is 2.17. The Morgan fingerprint density at radius 3 is 2.75 bits per heavy atom. The Bertz CT molecular complexity index is 76.6. The average molecular weight is 115 g/mol. The Morgan fingerprint density at radius 2 is 2.50 bits per heavy atom. The lowest BCUT2D eigenvalue weighted by Gasteiger charge is -2.19. The summed E-state index contributed by atoms with van der Waals surface area (Å²) in [7, 11) is 0. The van der Waals surface area contributed by atoms with E-state index in [1.807, 2.05) is 0 Å². The zero-order valence-electron chi connectivity index (χ0n) is 5.31. The zero-order valence-corrected chi connectivity index (χ0v) is 5.31. The molecule has 1 saturated heterocycles. The van der Waals surface area contributed by atoms with Gasteiger partial charge in [-0.25, -0.2) is 0 Å². The predicted molar refractivity (Wildman–Crippen MR) is 32.4 cm³/mol. The topological polar surface area (TPSA) is 35.2 Å². The van der Waals surface area contributed by atoms with Gasteiger partial charge in [0.1, 0.15) is 5.72 Å². The van der Waals surface area contributed by atoms with Crippen molar-refractivity contribution in [3.63, 3.8) is 0 Å². The van der Waals surface area contributed by atoms with Gasteiger partial charge in [0.25, 0.3) is 0 Å². The first-order chi connectivity index (χ1) is 3.77. The minimum absolute atomic E-state index is 0.264. The van der Waals surface area contributed by atoms with Crippen LogP contribution in [0.1, 0.15) is 26.2 Å². The second-order valence-corrected chi connectivity index (χ2v) is 2.37. The van der Waals surface area contributed by atoms with Crippen molar-refractivity contribution < 1.29 is 4.74 Å². The summed E-state index contributed by atoms with van der Waals surface area (Å²) in [4.78, 5) is 0. The third kappa shape index (κ3) is 1.01. The van der Waals surface area contributed by atoms with Gasteiger partial charge < -0.3 is 10.5 Å². The van der Waals surface area contributed by atoms with Crippen LogP contribution in [0.5, 0.6) is 0 Å². The maximum Gasteiger partial charge on any atom is 0.116 e. The summed E-state index contributed by atoms with van der Waals surface area (Å²) in [6.07, 6.45) is 3.10. The van der Waals surface area contributed by atoms with E-state index >= 15 is 0 Å². The molecular formula is C6H13NO. The molecule has 1 aliphatic heterocycles. The fraction of sp³-hybridized carbons (Fsp3) is 1.00. The van der Waals surface area contributed by atoms with E-state index in [-0.39, 0.29) is 5.72 Å². The minimum atomic E-state index is -0.264. The molecule has 1 aliphatic rings. The van der Waals surface area contributed by atoms with E-state index in [9.17, 15) is 0 Å². The van der Waals surface area contributed by atoms with Crippen molar-refractivity contribution in [2.75, 3.05) is 6.61 Å². The smallest absolute Gasteiger partial charge is 0.116 e. The number of nitrogens with two attached hydrogens (primary N) is 1. The first-order valence-corrected chi connectivity index (χ1v) is 3.20. The summed E-state index contributed by atoms with van der Waals surface area (Å²) in [6, 6.07) is 0. The van der Waals surface area contributed by atoms with Gasteiger partial charge in [0.05, 0.1) is 0 Å². The highest BCUT2D eigenvalue weighted by atomic mass is 16.5. The van der Waals surface area contributed by atoms with E-state index in [2.05, 4.69) is 6.92 Å². The monoisotopic (exact) mass is 115 g/mol. The molecule has 1 heterocycles. The zero-order chi connectivity index (χ0) is 6.04. The molecule has 1 fully saturated rings. The normalized spacial score (nSPS) is 38.2. The van der Waals surface area contributed by atoms with Crippen LogP contribution in [0.2, 0.25) is 0 Å². The highest BCUT2D eigenvalue weighted by molar-refractivity contribution is 4.75. The van der Waals surface area contributed by atoms with Gasteiger partial charge in [-0.05, 0) is 19.3 Å². The van der Waals surface area contributed by atoms with Crippen LogP contribution in [0.15, 0.2) is 0 Å². The lowest BCUT2D eigenvalue weighted by atomic mass is 10.1. The molecule has 0 aromatic carbocycles. The summed E-state index contributed by atoms with van der Waals surface area (Å²) in [5.41, 5.74) is 5.47. The maximum atomic E-state index is 5.74. The Morgan fingerprint density at radius 1 is 1.75 bits per heavy atom. The van der Waals surface area contributed by atoms with E-state index in [0.29, 0.717) is 0 Å². The summed E-state index contributed by atoms with van der Waals surface area (Å²) in [6.45, 7) is 2.91. The standard InChI is InChI=1S/C6H13NO/c1-2-6(7)4-3-5-8-6/h2-5,7H2,1H3. The molecule has 2 N–H and O–H groups in total. The molecule has 0 aliphatic carbocycles. The second-order valence-electron chi connectivity index (χ2n) is 2.37. The Balaban J connectivity index is 2.40. The molecule has 8 heavy (non-hydrogen) atoms. The van der Waals surface area contributed by atoms with Crippen LogP contribution < -0.4 is 5.73 Å². The van der Waals surface area contributed by atoms with Gasteiger partial charge in [0.2, 0.25) is 0 Å². The highest BCUT2D eigenvalue weighted by Crippen LogP contribution is 2.22. The Kier molecular flexibility index (Phi) is 1.54. The van der Waals surface area contributed by atoms with Crippen molar-refractivity contribution in [3.8, 4) is 0 Å². The largest absolute Gasteiger partial charge is 0.361 e. The summed E-state index contributed by atoms with van der Waals surface area (Å²) >= 11 is 0. The molecular weight excluding hydrogens is 102 g/mol. The van der Waals surface area contributed by atoms with Crippen LogP contribution in [0, 0.1) is 0 Å². The first kappa shape index (κ1) is 6.05. The molecule has 0 aromatic heterocycles. The molecule has 0 spiro atoms. The van der Waals surface area contributed by atoms with Gasteiger partial charge in [-0.15, -0.1) is 0 Å². The third-order valence-electron chi connectivity index (χ3n) is 1.73. The van der Waals surface area contributed by atoms with E-state index in [4.69, 9.17) is 10.5 Å². The molecule has 2 nitrogen and oxygen atoms in total. The van der Waals surface area contributed by atoms with Gasteiger partial charge in [0, 0.05) is 6.61 Å². The second kappa shape index (κ2) is 2.03. The van der Waals surface area contributed by atoms with Crippen LogP contribution in [0.25, 0.3) is 0 Å². The molecule has 0 amide bonds. The van der Waals surface area contributed by atoms with Crippen LogP contribution in [0.4, 0.5) is 0 Å². The van der Waals surface area contributed by atoms with E-state index in [0.717, 1.165) is 25.9 Å². The van der Waals surface area contributed by atoms with Crippen molar-refractivity contribution in [2.24, 2.45) is 5.73 Å². The predicted octanol–water partition coefficient (Wildman–Crippen LogP) is 0.862. The van der Waals surface area contributed by atoms with Crippen molar-refractivity contribution in [2.45, 2.75) is 31.9 Å². The molecule has 0 aromatic rings. The maximum absolute atomic E-state index is 5.74. The Labute approximate surface area is 50.0 Å². The van der Waals surface area contributed by atoms with Gasteiger partial charge >= 0.3 is 0 Å². The molecule has 0 radical (unpaired) electrons. The fourth-order valence-electron chi connectivity index (χ4n) is 0.998. The number of rotatable bonds is 1. The molecule has 2 heteroatoms. The van der Waals surface area contributed by atoms with Crippen molar-refractivity contribution in [3.05, 3.63) is 0 Å². The molecule has 0 saturated carbocycles. The van der Waals surface area contributed by atoms with Crippen LogP contribution >= 0.6 is 0 Å². The third-order valence-corrected chi connectivity index (χ3v) is 1.73. The van der Waals surface area contributed by atoms with E-state index in [1.54, 1.807) is 0 Å². The molecule has 0 bridgehead atoms. The van der Waals surface area contributed by atoms with Gasteiger partial charge in [-0.3, -0.25) is 0 Å². The summed E-state index contributed by atoms with van der Waals surface area (Å²) < 4.78 is 5.27. The van der Waals surface area contributed by atoms with E-state index < -0.39 is 0 Å². The van der Waals surface area contributed by atoms with Gasteiger partial charge in [-0.1, -0.05) is 6.92 Å². The highest BCUT2D eigenvalue weighted by Gasteiger charge is 2.27. The molecule has 1 rings (SSSR count). The van der Waals surface area contributed by atoms with Crippen molar-refractivity contribution >= 4 is 0 Å². The van der Waals surface area contributed by atoms with Crippen molar-refractivity contribution in [1.82, 2.24) is 0 Å². The van der Waals surface area contributed by atoms with Crippen LogP contribution in [-0.4, -0.2) is 12.3 Å². The quantitative estimate of drug-likeness (QED) is 0.550. The summed E-state index contributed by atoms with van der Waals surface area (Å²) in [5.74, 6) is 0. The molecule has 48 valence electrons. The minimum Gasteiger partial charge on any atom is -0.361 e. The van der Waals surface area contributed by atoms with Crippen LogP contribution in [-0.2, 0) is 4.74 Å². The van der Waals surface area contributed by atoms with E-state index in [1.165, 1.54) is 0 Å². The Hall–Kier alpha value is -0.0800. The SMILES string of the molecule is CCC1(N)CCCO1. The number of ether oxygens (including phenoxy) is 1. The van der Waals surface area contributed by atoms with Crippen LogP contribution in [0.3, 0.4) is 0 Å².